The van der Waals surface area contributed by atoms with Crippen LogP contribution in [-0.2, 0) is 11.2 Å². The molecule has 1 heterocycles. The van der Waals surface area contributed by atoms with Gasteiger partial charge in [0.2, 0.25) is 5.91 Å². The summed E-state index contributed by atoms with van der Waals surface area (Å²) in [6.07, 6.45) is 1.19. The molecule has 1 aromatic rings. The van der Waals surface area contributed by atoms with Gasteiger partial charge in [-0.3, -0.25) is 9.69 Å². The second-order valence-electron chi connectivity index (χ2n) is 5.04. The van der Waals surface area contributed by atoms with Crippen molar-refractivity contribution in [1.29, 1.82) is 0 Å². The van der Waals surface area contributed by atoms with Crippen molar-refractivity contribution in [2.24, 2.45) is 0 Å². The molecule has 20 heavy (non-hydrogen) atoms. The number of nitrogens with zero attached hydrogens (tertiary/aromatic N) is 2. The number of hydrogen-bond donors (Lipinski definition) is 1. The van der Waals surface area contributed by atoms with E-state index in [2.05, 4.69) is 4.90 Å². The zero-order chi connectivity index (χ0) is 14.4. The highest BCUT2D eigenvalue weighted by atomic mass is 35.5. The second-order valence-corrected chi connectivity index (χ2v) is 5.44. The number of rotatable bonds is 5. The van der Waals surface area contributed by atoms with Gasteiger partial charge in [-0.1, -0.05) is 29.8 Å². The Morgan fingerprint density at radius 1 is 1.20 bits per heavy atom. The predicted molar refractivity (Wildman–Crippen MR) is 79.9 cm³/mol. The topological polar surface area (TPSA) is 43.8 Å². The minimum atomic E-state index is 0.181. The molecule has 5 heteroatoms. The van der Waals surface area contributed by atoms with Crippen LogP contribution in [0, 0.1) is 0 Å². The van der Waals surface area contributed by atoms with E-state index in [9.17, 15) is 4.79 Å². The number of aryl methyl sites for hydroxylation is 1. The summed E-state index contributed by atoms with van der Waals surface area (Å²) in [6.45, 7) is 4.07. The highest BCUT2D eigenvalue weighted by molar-refractivity contribution is 6.31. The average molecular weight is 297 g/mol. The van der Waals surface area contributed by atoms with E-state index in [-0.39, 0.29) is 12.5 Å². The number of β-amino-alcohol motifs (C(OH)–C–C–N with tert-alkyl or cyclic N) is 1. The first-order valence-electron chi connectivity index (χ1n) is 7.05. The third kappa shape index (κ3) is 4.20. The Morgan fingerprint density at radius 2 is 1.90 bits per heavy atom. The molecular weight excluding hydrogens is 276 g/mol. The Labute approximate surface area is 124 Å². The lowest BCUT2D eigenvalue weighted by Crippen LogP contribution is -2.49. The van der Waals surface area contributed by atoms with Crippen molar-refractivity contribution in [1.82, 2.24) is 9.80 Å². The summed E-state index contributed by atoms with van der Waals surface area (Å²) >= 11 is 6.09. The molecule has 1 aliphatic heterocycles. The Kier molecular flexibility index (Phi) is 5.83. The highest BCUT2D eigenvalue weighted by Gasteiger charge is 2.20. The maximum atomic E-state index is 12.2. The second kappa shape index (κ2) is 7.62. The van der Waals surface area contributed by atoms with E-state index in [1.54, 1.807) is 0 Å². The summed E-state index contributed by atoms with van der Waals surface area (Å²) in [7, 11) is 0. The number of amides is 1. The van der Waals surface area contributed by atoms with Crippen molar-refractivity contribution in [3.63, 3.8) is 0 Å². The molecule has 1 aliphatic rings. The lowest BCUT2D eigenvalue weighted by atomic mass is 10.1. The standard InChI is InChI=1S/C15H21ClN2O2/c16-14-4-2-1-3-13(14)5-6-15(20)18-9-7-17(8-10-18)11-12-19/h1-4,19H,5-12H2. The molecule has 110 valence electrons. The predicted octanol–water partition coefficient (Wildman–Crippen LogP) is 1.41. The van der Waals surface area contributed by atoms with Crippen molar-refractivity contribution in [2.45, 2.75) is 12.8 Å². The van der Waals surface area contributed by atoms with Gasteiger partial charge in [0.25, 0.3) is 0 Å². The smallest absolute Gasteiger partial charge is 0.222 e. The van der Waals surface area contributed by atoms with Crippen LogP contribution in [0.25, 0.3) is 0 Å². The molecule has 0 radical (unpaired) electrons. The molecule has 1 aromatic carbocycles. The third-order valence-corrected chi connectivity index (χ3v) is 4.08. The lowest BCUT2D eigenvalue weighted by Gasteiger charge is -2.34. The lowest BCUT2D eigenvalue weighted by molar-refractivity contribution is -0.132. The summed E-state index contributed by atoms with van der Waals surface area (Å²) in [5, 5.41) is 9.62. The first-order chi connectivity index (χ1) is 9.70. The van der Waals surface area contributed by atoms with E-state index in [1.165, 1.54) is 0 Å². The van der Waals surface area contributed by atoms with Gasteiger partial charge in [-0.15, -0.1) is 0 Å². The molecule has 0 atom stereocenters. The summed E-state index contributed by atoms with van der Waals surface area (Å²) < 4.78 is 0. The fourth-order valence-electron chi connectivity index (χ4n) is 2.46. The van der Waals surface area contributed by atoms with Crippen molar-refractivity contribution in [3.05, 3.63) is 34.9 Å². The minimum absolute atomic E-state index is 0.181. The van der Waals surface area contributed by atoms with Crippen LogP contribution in [-0.4, -0.2) is 60.1 Å². The van der Waals surface area contributed by atoms with Crippen LogP contribution in [0.1, 0.15) is 12.0 Å². The van der Waals surface area contributed by atoms with Crippen molar-refractivity contribution in [2.75, 3.05) is 39.3 Å². The van der Waals surface area contributed by atoms with Gasteiger partial charge in [-0.2, -0.15) is 0 Å². The van der Waals surface area contributed by atoms with E-state index < -0.39 is 0 Å². The molecule has 0 aliphatic carbocycles. The monoisotopic (exact) mass is 296 g/mol. The van der Waals surface area contributed by atoms with Crippen molar-refractivity contribution >= 4 is 17.5 Å². The summed E-state index contributed by atoms with van der Waals surface area (Å²) in [5.74, 6) is 0.188. The molecule has 0 bridgehead atoms. The van der Waals surface area contributed by atoms with Crippen LogP contribution >= 0.6 is 11.6 Å². The molecule has 0 unspecified atom stereocenters. The zero-order valence-corrected chi connectivity index (χ0v) is 12.4. The maximum Gasteiger partial charge on any atom is 0.222 e. The summed E-state index contributed by atoms with van der Waals surface area (Å²) in [4.78, 5) is 16.2. The van der Waals surface area contributed by atoms with E-state index >= 15 is 0 Å². The van der Waals surface area contributed by atoms with E-state index in [4.69, 9.17) is 16.7 Å². The fourth-order valence-corrected chi connectivity index (χ4v) is 2.69. The van der Waals surface area contributed by atoms with Gasteiger partial charge in [-0.05, 0) is 18.1 Å². The van der Waals surface area contributed by atoms with Crippen LogP contribution in [0.5, 0.6) is 0 Å². The van der Waals surface area contributed by atoms with Gasteiger partial charge < -0.3 is 10.0 Å². The number of carbonyl (C=O) groups is 1. The molecular formula is C15H21ClN2O2. The molecule has 1 fully saturated rings. The van der Waals surface area contributed by atoms with Crippen molar-refractivity contribution in [3.8, 4) is 0 Å². The molecule has 0 saturated carbocycles. The molecule has 4 nitrogen and oxygen atoms in total. The Hall–Kier alpha value is -1.10. The quantitative estimate of drug-likeness (QED) is 0.893. The summed E-state index contributed by atoms with van der Waals surface area (Å²) in [6, 6.07) is 7.66. The van der Waals surface area contributed by atoms with Crippen LogP contribution in [0.2, 0.25) is 5.02 Å². The number of halogens is 1. The maximum absolute atomic E-state index is 12.2. The summed E-state index contributed by atoms with van der Waals surface area (Å²) in [5.41, 5.74) is 1.03. The minimum Gasteiger partial charge on any atom is -0.395 e. The van der Waals surface area contributed by atoms with Gasteiger partial charge in [0.05, 0.1) is 6.61 Å². The first-order valence-corrected chi connectivity index (χ1v) is 7.43. The van der Waals surface area contributed by atoms with E-state index in [0.29, 0.717) is 19.4 Å². The molecule has 0 spiro atoms. The molecule has 1 saturated heterocycles. The fraction of sp³-hybridized carbons (Fsp3) is 0.533. The van der Waals surface area contributed by atoms with Gasteiger partial charge in [0, 0.05) is 44.2 Å². The number of benzene rings is 1. The molecule has 2 rings (SSSR count). The van der Waals surface area contributed by atoms with Crippen molar-refractivity contribution < 1.29 is 9.90 Å². The zero-order valence-electron chi connectivity index (χ0n) is 11.6. The van der Waals surface area contributed by atoms with Gasteiger partial charge in [0.1, 0.15) is 0 Å². The number of piperazine rings is 1. The number of aliphatic hydroxyl groups is 1. The first kappa shape index (κ1) is 15.3. The molecule has 0 aromatic heterocycles. The molecule has 1 amide bonds. The Bertz CT molecular complexity index is 445. The van der Waals surface area contributed by atoms with Crippen LogP contribution < -0.4 is 0 Å². The Balaban J connectivity index is 1.77. The SMILES string of the molecule is O=C(CCc1ccccc1Cl)N1CCN(CCO)CC1. The average Bonchev–Trinajstić information content (AvgIpc) is 2.47. The van der Waals surface area contributed by atoms with Crippen LogP contribution in [0.3, 0.4) is 0 Å². The van der Waals surface area contributed by atoms with Crippen LogP contribution in [0.4, 0.5) is 0 Å². The highest BCUT2D eigenvalue weighted by Crippen LogP contribution is 2.17. The van der Waals surface area contributed by atoms with Gasteiger partial charge in [-0.25, -0.2) is 0 Å². The third-order valence-electron chi connectivity index (χ3n) is 3.71. The Morgan fingerprint density at radius 3 is 2.55 bits per heavy atom. The number of carbonyl (C=O) groups excluding carboxylic acids is 1. The molecule has 1 N–H and O–H groups in total. The van der Waals surface area contributed by atoms with E-state index in [0.717, 1.165) is 36.8 Å². The van der Waals surface area contributed by atoms with Gasteiger partial charge >= 0.3 is 0 Å². The van der Waals surface area contributed by atoms with Gasteiger partial charge in [0.15, 0.2) is 0 Å². The van der Waals surface area contributed by atoms with Crippen LogP contribution in [0.15, 0.2) is 24.3 Å². The normalized spacial score (nSPS) is 16.4. The van der Waals surface area contributed by atoms with E-state index in [1.807, 2.05) is 29.2 Å². The largest absolute Gasteiger partial charge is 0.395 e. The number of hydrogen-bond acceptors (Lipinski definition) is 3. The number of aliphatic hydroxyl groups excluding tert-OH is 1.